The molecule has 130 valence electrons. The lowest BCUT2D eigenvalue weighted by Crippen LogP contribution is -2.31. The molecule has 4 rings (SSSR count). The van der Waals surface area contributed by atoms with E-state index in [4.69, 9.17) is 5.73 Å². The molecule has 3 aromatic rings. The number of rotatable bonds is 3. The molecule has 1 aromatic heterocycles. The molecule has 0 radical (unpaired) electrons. The van der Waals surface area contributed by atoms with Crippen molar-refractivity contribution in [1.29, 1.82) is 0 Å². The van der Waals surface area contributed by atoms with Crippen molar-refractivity contribution in [1.82, 2.24) is 14.8 Å². The van der Waals surface area contributed by atoms with Gasteiger partial charge in [0.25, 0.3) is 0 Å². The van der Waals surface area contributed by atoms with Crippen molar-refractivity contribution in [3.05, 3.63) is 75.9 Å². The van der Waals surface area contributed by atoms with Crippen molar-refractivity contribution in [3.63, 3.8) is 0 Å². The number of fused-ring (bicyclic) bond motifs is 1. The van der Waals surface area contributed by atoms with Gasteiger partial charge in [-0.1, -0.05) is 58.4 Å². The normalized spacial score (nSPS) is 16.2. The Balaban J connectivity index is 1.88. The summed E-state index contributed by atoms with van der Waals surface area (Å²) in [5.74, 6) is 0.693. The molecule has 1 amide bonds. The van der Waals surface area contributed by atoms with E-state index in [0.29, 0.717) is 23.0 Å². The van der Waals surface area contributed by atoms with Crippen LogP contribution in [-0.2, 0) is 4.79 Å². The lowest BCUT2D eigenvalue weighted by Gasteiger charge is -2.27. The first kappa shape index (κ1) is 16.5. The highest BCUT2D eigenvalue weighted by Crippen LogP contribution is 2.36. The molecule has 0 fully saturated rings. The number of carbonyl (C=O) groups is 1. The number of carbonyl (C=O) groups excluding carboxylic acids is 1. The van der Waals surface area contributed by atoms with E-state index < -0.39 is 11.9 Å². The van der Waals surface area contributed by atoms with Crippen LogP contribution in [0.2, 0.25) is 0 Å². The second kappa shape index (κ2) is 6.42. The topological polar surface area (TPSA) is 85.8 Å². The van der Waals surface area contributed by atoms with Gasteiger partial charge in [0.05, 0.1) is 5.57 Å². The minimum Gasteiger partial charge on any atom is -0.366 e. The number of amides is 1. The van der Waals surface area contributed by atoms with Crippen LogP contribution < -0.4 is 11.1 Å². The van der Waals surface area contributed by atoms with E-state index in [1.165, 1.54) is 0 Å². The van der Waals surface area contributed by atoms with Crippen LogP contribution in [0.4, 0.5) is 5.95 Å². The van der Waals surface area contributed by atoms with Crippen molar-refractivity contribution in [2.75, 3.05) is 5.32 Å². The standard InChI is InChI=1S/C19H16BrN5O/c1-11-15(17(21)26)16(12-7-9-14(20)10-8-12)25-19(22-11)23-18(24-25)13-5-3-2-4-6-13/h2-10,16H,1H3,(H2,21,26)(H,22,23,24). The summed E-state index contributed by atoms with van der Waals surface area (Å²) in [6.45, 7) is 1.83. The first-order chi connectivity index (χ1) is 12.5. The summed E-state index contributed by atoms with van der Waals surface area (Å²) in [6, 6.07) is 17.0. The van der Waals surface area contributed by atoms with E-state index in [1.807, 2.05) is 61.5 Å². The fourth-order valence-corrected chi connectivity index (χ4v) is 3.40. The molecule has 0 saturated carbocycles. The molecule has 2 aromatic carbocycles. The fraction of sp³-hybridized carbons (Fsp3) is 0.105. The third-order valence-electron chi connectivity index (χ3n) is 4.34. The molecule has 3 N–H and O–H groups in total. The van der Waals surface area contributed by atoms with Crippen LogP contribution in [0.3, 0.4) is 0 Å². The summed E-state index contributed by atoms with van der Waals surface area (Å²) in [7, 11) is 0. The number of hydrogen-bond donors (Lipinski definition) is 2. The summed E-state index contributed by atoms with van der Waals surface area (Å²) in [6.07, 6.45) is 0. The maximum atomic E-state index is 12.2. The molecular weight excluding hydrogens is 394 g/mol. The number of nitrogens with one attached hydrogen (secondary N) is 1. The number of halogens is 1. The van der Waals surface area contributed by atoms with Crippen molar-refractivity contribution in [2.45, 2.75) is 13.0 Å². The van der Waals surface area contributed by atoms with Gasteiger partial charge in [-0.25, -0.2) is 4.68 Å². The highest BCUT2D eigenvalue weighted by Gasteiger charge is 2.33. The molecule has 1 atom stereocenters. The second-order valence-corrected chi connectivity index (χ2v) is 6.97. The van der Waals surface area contributed by atoms with Gasteiger partial charge in [-0.3, -0.25) is 4.79 Å². The van der Waals surface area contributed by atoms with Gasteiger partial charge in [0.15, 0.2) is 5.82 Å². The summed E-state index contributed by atoms with van der Waals surface area (Å²) in [5.41, 5.74) is 8.66. The Morgan fingerprint density at radius 2 is 1.85 bits per heavy atom. The minimum atomic E-state index is -0.481. The zero-order valence-electron chi connectivity index (χ0n) is 14.0. The van der Waals surface area contributed by atoms with E-state index in [-0.39, 0.29) is 0 Å². The highest BCUT2D eigenvalue weighted by molar-refractivity contribution is 9.10. The van der Waals surface area contributed by atoms with Crippen LogP contribution in [0.15, 0.2) is 70.3 Å². The first-order valence-electron chi connectivity index (χ1n) is 8.09. The average molecular weight is 410 g/mol. The molecule has 7 heteroatoms. The number of nitrogens with two attached hydrogens (primary N) is 1. The van der Waals surface area contributed by atoms with Crippen LogP contribution in [0.5, 0.6) is 0 Å². The zero-order valence-corrected chi connectivity index (χ0v) is 15.6. The van der Waals surface area contributed by atoms with Crippen LogP contribution in [-0.4, -0.2) is 20.7 Å². The average Bonchev–Trinajstić information content (AvgIpc) is 3.05. The predicted molar refractivity (Wildman–Crippen MR) is 103 cm³/mol. The Kier molecular flexibility index (Phi) is 4.08. The summed E-state index contributed by atoms with van der Waals surface area (Å²) >= 11 is 3.44. The molecular formula is C19H16BrN5O. The minimum absolute atomic E-state index is 0.429. The summed E-state index contributed by atoms with van der Waals surface area (Å²) in [5, 5.41) is 7.81. The summed E-state index contributed by atoms with van der Waals surface area (Å²) < 4.78 is 2.68. The van der Waals surface area contributed by atoms with Crippen LogP contribution in [0, 0.1) is 0 Å². The molecule has 0 bridgehead atoms. The third kappa shape index (κ3) is 2.80. The number of anilines is 1. The van der Waals surface area contributed by atoms with Gasteiger partial charge < -0.3 is 11.1 Å². The van der Waals surface area contributed by atoms with Gasteiger partial charge in [0.2, 0.25) is 11.9 Å². The molecule has 1 unspecified atom stereocenters. The second-order valence-electron chi connectivity index (χ2n) is 6.05. The fourth-order valence-electron chi connectivity index (χ4n) is 3.13. The SMILES string of the molecule is CC1=C(C(N)=O)C(c2ccc(Br)cc2)n2nc(-c3ccccc3)nc2N1. The number of hydrogen-bond acceptors (Lipinski definition) is 4. The number of allylic oxidation sites excluding steroid dienone is 1. The smallest absolute Gasteiger partial charge is 0.248 e. The van der Waals surface area contributed by atoms with E-state index in [9.17, 15) is 4.79 Å². The van der Waals surface area contributed by atoms with Crippen LogP contribution >= 0.6 is 15.9 Å². The lowest BCUT2D eigenvalue weighted by molar-refractivity contribution is -0.115. The maximum Gasteiger partial charge on any atom is 0.248 e. The predicted octanol–water partition coefficient (Wildman–Crippen LogP) is 3.48. The maximum absolute atomic E-state index is 12.2. The van der Waals surface area contributed by atoms with Gasteiger partial charge in [0, 0.05) is 15.7 Å². The number of aromatic nitrogens is 3. The third-order valence-corrected chi connectivity index (χ3v) is 4.86. The van der Waals surface area contributed by atoms with E-state index in [1.54, 1.807) is 4.68 Å². The van der Waals surface area contributed by atoms with Crippen molar-refractivity contribution < 1.29 is 4.79 Å². The molecule has 2 heterocycles. The number of nitrogens with zero attached hydrogens (tertiary/aromatic N) is 3. The van der Waals surface area contributed by atoms with Crippen LogP contribution in [0.25, 0.3) is 11.4 Å². The van der Waals surface area contributed by atoms with Gasteiger partial charge in [-0.15, -0.1) is 5.10 Å². The Morgan fingerprint density at radius 1 is 1.15 bits per heavy atom. The van der Waals surface area contributed by atoms with Crippen molar-refractivity contribution in [2.24, 2.45) is 5.73 Å². The highest BCUT2D eigenvalue weighted by atomic mass is 79.9. The Hall–Kier alpha value is -2.93. The lowest BCUT2D eigenvalue weighted by atomic mass is 9.95. The largest absolute Gasteiger partial charge is 0.366 e. The van der Waals surface area contributed by atoms with Gasteiger partial charge >= 0.3 is 0 Å². The van der Waals surface area contributed by atoms with E-state index >= 15 is 0 Å². The first-order valence-corrected chi connectivity index (χ1v) is 8.89. The Bertz CT molecular complexity index is 1010. The van der Waals surface area contributed by atoms with Gasteiger partial charge in [-0.05, 0) is 24.6 Å². The van der Waals surface area contributed by atoms with Crippen molar-refractivity contribution >= 4 is 27.8 Å². The molecule has 0 saturated heterocycles. The van der Waals surface area contributed by atoms with E-state index in [2.05, 4.69) is 31.3 Å². The monoisotopic (exact) mass is 409 g/mol. The van der Waals surface area contributed by atoms with Crippen molar-refractivity contribution in [3.8, 4) is 11.4 Å². The number of benzene rings is 2. The summed E-state index contributed by atoms with van der Waals surface area (Å²) in [4.78, 5) is 16.8. The van der Waals surface area contributed by atoms with Gasteiger partial charge in [-0.2, -0.15) is 4.98 Å². The van der Waals surface area contributed by atoms with E-state index in [0.717, 1.165) is 15.6 Å². The Morgan fingerprint density at radius 3 is 2.50 bits per heavy atom. The number of primary amides is 1. The van der Waals surface area contributed by atoms with Crippen LogP contribution in [0.1, 0.15) is 18.5 Å². The molecule has 0 aliphatic carbocycles. The zero-order chi connectivity index (χ0) is 18.3. The molecule has 1 aliphatic heterocycles. The molecule has 26 heavy (non-hydrogen) atoms. The molecule has 6 nitrogen and oxygen atoms in total. The quantitative estimate of drug-likeness (QED) is 0.692. The Labute approximate surface area is 158 Å². The molecule has 1 aliphatic rings. The van der Waals surface area contributed by atoms with Gasteiger partial charge in [0.1, 0.15) is 6.04 Å². The molecule has 0 spiro atoms.